The molecule has 0 aliphatic rings. The lowest BCUT2D eigenvalue weighted by molar-refractivity contribution is -0.143. The Labute approximate surface area is 178 Å². The molecule has 0 aliphatic carbocycles. The molecule has 11 N–H and O–H groups in total. The fourth-order valence-electron chi connectivity index (χ4n) is 2.25. The summed E-state index contributed by atoms with van der Waals surface area (Å²) >= 11 is 3.93. The van der Waals surface area contributed by atoms with Crippen LogP contribution >= 0.6 is 12.6 Å². The van der Waals surface area contributed by atoms with Crippen LogP contribution in [0, 0.1) is 0 Å². The van der Waals surface area contributed by atoms with Crippen molar-refractivity contribution < 1.29 is 34.2 Å². The quantitative estimate of drug-likeness (QED) is 0.0866. The molecular formula is C16H30N6O7S. The SMILES string of the molecule is NCCCCC(N)C(=O)NC(CC(N)=O)C(=O)NC(CS)C(=O)NC(CO)C(=O)O. The molecule has 0 saturated heterocycles. The number of hydrogen-bond donors (Lipinski definition) is 9. The van der Waals surface area contributed by atoms with Crippen molar-refractivity contribution in [2.45, 2.75) is 49.9 Å². The van der Waals surface area contributed by atoms with Gasteiger partial charge in [-0.15, -0.1) is 0 Å². The van der Waals surface area contributed by atoms with Crippen LogP contribution in [-0.4, -0.2) is 82.9 Å². The van der Waals surface area contributed by atoms with Crippen LogP contribution in [-0.2, 0) is 24.0 Å². The molecule has 0 rings (SSSR count). The molecule has 4 atom stereocenters. The van der Waals surface area contributed by atoms with Crippen LogP contribution < -0.4 is 33.2 Å². The maximum Gasteiger partial charge on any atom is 0.328 e. The maximum absolute atomic E-state index is 12.5. The van der Waals surface area contributed by atoms with Gasteiger partial charge in [-0.05, 0) is 19.4 Å². The van der Waals surface area contributed by atoms with Gasteiger partial charge in [0.25, 0.3) is 0 Å². The van der Waals surface area contributed by atoms with Gasteiger partial charge >= 0.3 is 5.97 Å². The van der Waals surface area contributed by atoms with Crippen molar-refractivity contribution >= 4 is 42.2 Å². The van der Waals surface area contributed by atoms with Crippen LogP contribution in [0.4, 0.5) is 0 Å². The van der Waals surface area contributed by atoms with E-state index in [9.17, 15) is 24.0 Å². The zero-order chi connectivity index (χ0) is 23.3. The number of carbonyl (C=O) groups excluding carboxylic acids is 4. The first-order valence-corrected chi connectivity index (χ1v) is 9.80. The number of thiol groups is 1. The highest BCUT2D eigenvalue weighted by Gasteiger charge is 2.30. The minimum atomic E-state index is -1.58. The van der Waals surface area contributed by atoms with Crippen molar-refractivity contribution in [2.24, 2.45) is 17.2 Å². The van der Waals surface area contributed by atoms with Crippen LogP contribution in [0.5, 0.6) is 0 Å². The minimum absolute atomic E-state index is 0.231. The number of carboxylic acids is 1. The highest BCUT2D eigenvalue weighted by molar-refractivity contribution is 7.80. The molecular weight excluding hydrogens is 420 g/mol. The smallest absolute Gasteiger partial charge is 0.328 e. The Kier molecular flexibility index (Phi) is 13.4. The number of hydrogen-bond acceptors (Lipinski definition) is 9. The third kappa shape index (κ3) is 10.4. The number of nitrogens with one attached hydrogen (secondary N) is 3. The second-order valence-corrected chi connectivity index (χ2v) is 6.81. The molecule has 13 nitrogen and oxygen atoms in total. The van der Waals surface area contributed by atoms with Gasteiger partial charge in [-0.3, -0.25) is 19.2 Å². The molecule has 4 amide bonds. The molecule has 0 aliphatic heterocycles. The number of aliphatic hydroxyl groups excluding tert-OH is 1. The van der Waals surface area contributed by atoms with Gasteiger partial charge in [-0.2, -0.15) is 12.6 Å². The Morgan fingerprint density at radius 1 is 0.900 bits per heavy atom. The van der Waals surface area contributed by atoms with Crippen molar-refractivity contribution in [3.63, 3.8) is 0 Å². The van der Waals surface area contributed by atoms with Crippen LogP contribution in [0.3, 0.4) is 0 Å². The zero-order valence-corrected chi connectivity index (χ0v) is 17.3. The summed E-state index contributed by atoms with van der Waals surface area (Å²) in [6, 6.07) is -5.23. The number of carboxylic acid groups (broad SMARTS) is 1. The predicted molar refractivity (Wildman–Crippen MR) is 109 cm³/mol. The summed E-state index contributed by atoms with van der Waals surface area (Å²) in [5.41, 5.74) is 16.2. The number of carbonyl (C=O) groups is 5. The second-order valence-electron chi connectivity index (χ2n) is 6.45. The largest absolute Gasteiger partial charge is 0.480 e. The molecule has 0 bridgehead atoms. The first-order chi connectivity index (χ1) is 14.1. The molecule has 0 aromatic carbocycles. The predicted octanol–water partition coefficient (Wildman–Crippen LogP) is -4.22. The van der Waals surface area contributed by atoms with E-state index in [0.717, 1.165) is 0 Å². The van der Waals surface area contributed by atoms with Gasteiger partial charge < -0.3 is 43.4 Å². The summed E-state index contributed by atoms with van der Waals surface area (Å²) in [7, 11) is 0. The summed E-state index contributed by atoms with van der Waals surface area (Å²) in [5, 5.41) is 24.5. The van der Waals surface area contributed by atoms with E-state index in [1.807, 2.05) is 5.32 Å². The molecule has 0 heterocycles. The number of unbranched alkanes of at least 4 members (excludes halogenated alkanes) is 1. The fraction of sp³-hybridized carbons (Fsp3) is 0.688. The Morgan fingerprint density at radius 3 is 1.90 bits per heavy atom. The number of rotatable bonds is 15. The number of aliphatic hydroxyl groups is 1. The molecule has 0 saturated carbocycles. The lowest BCUT2D eigenvalue weighted by Gasteiger charge is -2.23. The van der Waals surface area contributed by atoms with E-state index in [2.05, 4.69) is 23.3 Å². The molecule has 14 heteroatoms. The Morgan fingerprint density at radius 2 is 1.43 bits per heavy atom. The average molecular weight is 451 g/mol. The molecule has 4 unspecified atom stereocenters. The summed E-state index contributed by atoms with van der Waals surface area (Å²) in [5.74, 6) is -5.12. The number of nitrogens with two attached hydrogens (primary N) is 3. The normalized spacial score (nSPS) is 14.7. The van der Waals surface area contributed by atoms with Crippen LogP contribution in [0.15, 0.2) is 0 Å². The lowest BCUT2D eigenvalue weighted by atomic mass is 10.1. The molecule has 0 radical (unpaired) electrons. The maximum atomic E-state index is 12.5. The standard InChI is InChI=1S/C16H30N6O7S/c17-4-2-1-3-8(18)13(25)20-9(5-12(19)24)14(26)22-11(7-30)15(27)21-10(6-23)16(28)29/h8-11,23,30H,1-7,17-18H2,(H2,19,24)(H,20,25)(H,21,27)(H,22,26)(H,28,29). The lowest BCUT2D eigenvalue weighted by Crippen LogP contribution is -2.58. The second kappa shape index (κ2) is 14.5. The van der Waals surface area contributed by atoms with Gasteiger partial charge in [0.2, 0.25) is 23.6 Å². The minimum Gasteiger partial charge on any atom is -0.480 e. The topological polar surface area (TPSA) is 240 Å². The van der Waals surface area contributed by atoms with Crippen molar-refractivity contribution in [2.75, 3.05) is 18.9 Å². The molecule has 0 spiro atoms. The van der Waals surface area contributed by atoms with Gasteiger partial charge in [0.15, 0.2) is 0 Å². The molecule has 172 valence electrons. The average Bonchev–Trinajstić information content (AvgIpc) is 2.68. The van der Waals surface area contributed by atoms with E-state index in [0.29, 0.717) is 25.8 Å². The highest BCUT2D eigenvalue weighted by atomic mass is 32.1. The molecule has 0 aromatic rings. The van der Waals surface area contributed by atoms with Crippen molar-refractivity contribution in [1.29, 1.82) is 0 Å². The fourth-order valence-corrected chi connectivity index (χ4v) is 2.51. The van der Waals surface area contributed by atoms with Crippen molar-refractivity contribution in [1.82, 2.24) is 16.0 Å². The molecule has 30 heavy (non-hydrogen) atoms. The van der Waals surface area contributed by atoms with E-state index >= 15 is 0 Å². The summed E-state index contributed by atoms with van der Waals surface area (Å²) in [4.78, 5) is 59.0. The third-order valence-corrected chi connectivity index (χ3v) is 4.32. The number of primary amides is 1. The van der Waals surface area contributed by atoms with E-state index in [1.165, 1.54) is 0 Å². The Balaban J connectivity index is 5.10. The van der Waals surface area contributed by atoms with Crippen molar-refractivity contribution in [3.8, 4) is 0 Å². The van der Waals surface area contributed by atoms with E-state index in [4.69, 9.17) is 27.4 Å². The van der Waals surface area contributed by atoms with Gasteiger partial charge in [-0.1, -0.05) is 6.42 Å². The van der Waals surface area contributed by atoms with Crippen LogP contribution in [0.2, 0.25) is 0 Å². The third-order valence-electron chi connectivity index (χ3n) is 3.96. The van der Waals surface area contributed by atoms with E-state index < -0.39 is 66.8 Å². The van der Waals surface area contributed by atoms with Gasteiger partial charge in [0.1, 0.15) is 18.1 Å². The number of aliphatic carboxylic acids is 1. The number of amides is 4. The van der Waals surface area contributed by atoms with Gasteiger partial charge in [0, 0.05) is 5.75 Å². The first kappa shape index (κ1) is 27.6. The first-order valence-electron chi connectivity index (χ1n) is 9.16. The van der Waals surface area contributed by atoms with Crippen LogP contribution in [0.25, 0.3) is 0 Å². The monoisotopic (exact) mass is 450 g/mol. The molecule has 0 fully saturated rings. The zero-order valence-electron chi connectivity index (χ0n) is 16.4. The molecule has 0 aromatic heterocycles. The van der Waals surface area contributed by atoms with Gasteiger partial charge in [-0.25, -0.2) is 4.79 Å². The van der Waals surface area contributed by atoms with Gasteiger partial charge in [0.05, 0.1) is 19.1 Å². The Bertz CT molecular complexity index is 621. The Hall–Kier alpha value is -2.42. The summed E-state index contributed by atoms with van der Waals surface area (Å²) < 4.78 is 0. The summed E-state index contributed by atoms with van der Waals surface area (Å²) in [6.07, 6.45) is 1.01. The van der Waals surface area contributed by atoms with Crippen molar-refractivity contribution in [3.05, 3.63) is 0 Å². The highest BCUT2D eigenvalue weighted by Crippen LogP contribution is 2.01. The van der Waals surface area contributed by atoms with Crippen LogP contribution in [0.1, 0.15) is 25.7 Å². The van der Waals surface area contributed by atoms with E-state index in [-0.39, 0.29) is 5.75 Å². The van der Waals surface area contributed by atoms with E-state index in [1.54, 1.807) is 0 Å². The summed E-state index contributed by atoms with van der Waals surface area (Å²) in [6.45, 7) is -0.427.